The fourth-order valence-corrected chi connectivity index (χ4v) is 3.59. The van der Waals surface area contributed by atoms with Crippen LogP contribution in [0.2, 0.25) is 0 Å². The summed E-state index contributed by atoms with van der Waals surface area (Å²) < 4.78 is 16.0. The van der Waals surface area contributed by atoms with E-state index in [9.17, 15) is 14.4 Å². The maximum absolute atomic E-state index is 12.7. The average molecular weight is 407 g/mol. The number of likely N-dealkylation sites (tertiary alicyclic amines) is 1. The highest BCUT2D eigenvalue weighted by Gasteiger charge is 2.36. The third kappa shape index (κ3) is 4.20. The smallest absolute Gasteiger partial charge is 0.410 e. The number of rotatable bonds is 4. The predicted molar refractivity (Wildman–Crippen MR) is 109 cm³/mol. The molecule has 3 aromatic rings. The maximum Gasteiger partial charge on any atom is 0.410 e. The first-order valence-electron chi connectivity index (χ1n) is 9.75. The van der Waals surface area contributed by atoms with Crippen LogP contribution in [0.25, 0.3) is 11.0 Å². The minimum absolute atomic E-state index is 0.140. The molecule has 7 heteroatoms. The number of benzene rings is 2. The Morgan fingerprint density at radius 2 is 1.93 bits per heavy atom. The van der Waals surface area contributed by atoms with Gasteiger partial charge in [-0.25, -0.2) is 14.4 Å². The molecule has 0 spiro atoms. The van der Waals surface area contributed by atoms with Gasteiger partial charge in [-0.3, -0.25) is 4.90 Å². The third-order valence-electron chi connectivity index (χ3n) is 5.11. The highest BCUT2D eigenvalue weighted by molar-refractivity contribution is 5.85. The molecule has 0 N–H and O–H groups in total. The number of esters is 1. The summed E-state index contributed by atoms with van der Waals surface area (Å²) in [5, 5.41) is 0.765. The largest absolute Gasteiger partial charge is 0.445 e. The molecule has 1 atom stereocenters. The van der Waals surface area contributed by atoms with E-state index >= 15 is 0 Å². The average Bonchev–Trinajstić information content (AvgIpc) is 3.22. The number of amides is 1. The van der Waals surface area contributed by atoms with Crippen LogP contribution >= 0.6 is 0 Å². The van der Waals surface area contributed by atoms with Gasteiger partial charge in [0.1, 0.15) is 24.0 Å². The lowest BCUT2D eigenvalue weighted by molar-refractivity contribution is -0.139. The summed E-state index contributed by atoms with van der Waals surface area (Å²) in [5.74, 6) is -0.288. The number of hydrogen-bond donors (Lipinski definition) is 0. The van der Waals surface area contributed by atoms with Gasteiger partial charge >= 0.3 is 17.7 Å². The Morgan fingerprint density at radius 1 is 1.13 bits per heavy atom. The zero-order valence-corrected chi connectivity index (χ0v) is 16.5. The van der Waals surface area contributed by atoms with Crippen molar-refractivity contribution in [2.24, 2.45) is 0 Å². The van der Waals surface area contributed by atoms with Gasteiger partial charge in [0.05, 0.1) is 0 Å². The molecule has 2 heterocycles. The van der Waals surface area contributed by atoms with Gasteiger partial charge in [-0.2, -0.15) is 0 Å². The molecule has 7 nitrogen and oxygen atoms in total. The molecule has 0 radical (unpaired) electrons. The van der Waals surface area contributed by atoms with Crippen molar-refractivity contribution in [3.05, 3.63) is 76.1 Å². The van der Waals surface area contributed by atoms with Crippen LogP contribution in [0.4, 0.5) is 4.79 Å². The van der Waals surface area contributed by atoms with Crippen LogP contribution in [0.3, 0.4) is 0 Å². The summed E-state index contributed by atoms with van der Waals surface area (Å²) >= 11 is 0. The molecule has 0 saturated carbocycles. The van der Waals surface area contributed by atoms with Gasteiger partial charge in [-0.1, -0.05) is 30.3 Å². The fourth-order valence-electron chi connectivity index (χ4n) is 3.59. The molecule has 0 unspecified atom stereocenters. The zero-order chi connectivity index (χ0) is 21.1. The molecular weight excluding hydrogens is 386 g/mol. The minimum Gasteiger partial charge on any atom is -0.445 e. The number of nitrogens with zero attached hydrogens (tertiary/aromatic N) is 1. The summed E-state index contributed by atoms with van der Waals surface area (Å²) in [6, 6.07) is 14.9. The highest BCUT2D eigenvalue weighted by atomic mass is 16.6. The molecule has 154 valence electrons. The summed E-state index contributed by atoms with van der Waals surface area (Å²) in [7, 11) is 0. The molecule has 0 bridgehead atoms. The van der Waals surface area contributed by atoms with Crippen molar-refractivity contribution in [3.8, 4) is 5.75 Å². The monoisotopic (exact) mass is 407 g/mol. The minimum atomic E-state index is -0.714. The van der Waals surface area contributed by atoms with E-state index in [4.69, 9.17) is 13.9 Å². The molecule has 1 aromatic heterocycles. The Bertz CT molecular complexity index is 1140. The first-order chi connectivity index (χ1) is 14.5. The van der Waals surface area contributed by atoms with Crippen LogP contribution in [0, 0.1) is 6.92 Å². The standard InChI is InChI=1S/C23H21NO6/c1-15-12-21(25)30-20-13-17(9-10-18(15)20)29-22(26)19-8-5-11-24(19)23(27)28-14-16-6-3-2-4-7-16/h2-4,6-7,9-10,12-13,19H,5,8,11,14H2,1H3/t19-/m0/s1. The molecule has 30 heavy (non-hydrogen) atoms. The summed E-state index contributed by atoms with van der Waals surface area (Å²) in [4.78, 5) is 38.2. The van der Waals surface area contributed by atoms with E-state index < -0.39 is 23.7 Å². The van der Waals surface area contributed by atoms with E-state index in [1.807, 2.05) is 37.3 Å². The number of carbonyl (C=O) groups excluding carboxylic acids is 2. The Hall–Kier alpha value is -3.61. The van der Waals surface area contributed by atoms with E-state index in [0.717, 1.165) is 16.5 Å². The lowest BCUT2D eigenvalue weighted by atomic mass is 10.1. The number of carbonyl (C=O) groups is 2. The number of hydrogen-bond acceptors (Lipinski definition) is 6. The summed E-state index contributed by atoms with van der Waals surface area (Å²) in [5.41, 5.74) is 1.53. The van der Waals surface area contributed by atoms with Crippen LogP contribution < -0.4 is 10.4 Å². The Morgan fingerprint density at radius 3 is 2.73 bits per heavy atom. The molecule has 2 aromatic carbocycles. The molecule has 1 saturated heterocycles. The predicted octanol–water partition coefficient (Wildman–Crippen LogP) is 3.81. The summed E-state index contributed by atoms with van der Waals surface area (Å²) in [6.45, 7) is 2.38. The molecular formula is C23H21NO6. The van der Waals surface area contributed by atoms with Gasteiger partial charge in [0, 0.05) is 24.1 Å². The second kappa shape index (κ2) is 8.41. The number of fused-ring (bicyclic) bond motifs is 1. The lowest BCUT2D eigenvalue weighted by Gasteiger charge is -2.22. The second-order valence-corrected chi connectivity index (χ2v) is 7.22. The van der Waals surface area contributed by atoms with Crippen molar-refractivity contribution in [2.75, 3.05) is 6.54 Å². The van der Waals surface area contributed by atoms with Crippen molar-refractivity contribution in [1.29, 1.82) is 0 Å². The van der Waals surface area contributed by atoms with Gasteiger partial charge in [0.15, 0.2) is 0 Å². The molecule has 0 aliphatic carbocycles. The topological polar surface area (TPSA) is 86.0 Å². The quantitative estimate of drug-likeness (QED) is 0.371. The number of aryl methyl sites for hydroxylation is 1. The third-order valence-corrected chi connectivity index (χ3v) is 5.11. The van der Waals surface area contributed by atoms with Gasteiger partial charge in [-0.15, -0.1) is 0 Å². The highest BCUT2D eigenvalue weighted by Crippen LogP contribution is 2.25. The molecule has 1 aliphatic heterocycles. The van der Waals surface area contributed by atoms with E-state index in [1.165, 1.54) is 17.0 Å². The van der Waals surface area contributed by atoms with Crippen LogP contribution in [-0.4, -0.2) is 29.5 Å². The van der Waals surface area contributed by atoms with Gasteiger partial charge < -0.3 is 13.9 Å². The zero-order valence-electron chi connectivity index (χ0n) is 16.5. The SMILES string of the molecule is Cc1cc(=O)oc2cc(OC(=O)[C@@H]3CCCN3C(=O)OCc3ccccc3)ccc12. The van der Waals surface area contributed by atoms with Crippen molar-refractivity contribution in [1.82, 2.24) is 4.90 Å². The maximum atomic E-state index is 12.7. The van der Waals surface area contributed by atoms with Crippen LogP contribution in [0.15, 0.2) is 63.8 Å². The molecule has 1 fully saturated rings. The lowest BCUT2D eigenvalue weighted by Crippen LogP contribution is -2.42. The molecule has 1 aliphatic rings. The van der Waals surface area contributed by atoms with Crippen molar-refractivity contribution in [2.45, 2.75) is 32.4 Å². The van der Waals surface area contributed by atoms with E-state index in [2.05, 4.69) is 0 Å². The van der Waals surface area contributed by atoms with Crippen LogP contribution in [0.5, 0.6) is 5.75 Å². The van der Waals surface area contributed by atoms with E-state index in [1.54, 1.807) is 12.1 Å². The van der Waals surface area contributed by atoms with Crippen molar-refractivity contribution in [3.63, 3.8) is 0 Å². The first kappa shape index (κ1) is 19.7. The second-order valence-electron chi connectivity index (χ2n) is 7.22. The van der Waals surface area contributed by atoms with E-state index in [0.29, 0.717) is 25.0 Å². The Labute approximate surface area is 172 Å². The Kier molecular flexibility index (Phi) is 5.52. The van der Waals surface area contributed by atoms with Gasteiger partial charge in [0.2, 0.25) is 0 Å². The number of ether oxygens (including phenoxy) is 2. The van der Waals surface area contributed by atoms with Crippen LogP contribution in [0.1, 0.15) is 24.0 Å². The van der Waals surface area contributed by atoms with Crippen molar-refractivity contribution >= 4 is 23.0 Å². The summed E-state index contributed by atoms with van der Waals surface area (Å²) in [6.07, 6.45) is 0.644. The molecule has 1 amide bonds. The fraction of sp³-hybridized carbons (Fsp3) is 0.261. The van der Waals surface area contributed by atoms with Gasteiger partial charge in [-0.05, 0) is 43.0 Å². The normalized spacial score (nSPS) is 15.9. The van der Waals surface area contributed by atoms with E-state index in [-0.39, 0.29) is 12.4 Å². The Balaban J connectivity index is 1.44. The van der Waals surface area contributed by atoms with Crippen LogP contribution in [-0.2, 0) is 16.1 Å². The van der Waals surface area contributed by atoms with Crippen molar-refractivity contribution < 1.29 is 23.5 Å². The first-order valence-corrected chi connectivity index (χ1v) is 9.75. The molecule has 4 rings (SSSR count). The van der Waals surface area contributed by atoms with Gasteiger partial charge in [0.25, 0.3) is 0 Å².